The summed E-state index contributed by atoms with van der Waals surface area (Å²) in [6.45, 7) is 6.09. The molecule has 17 heavy (non-hydrogen) atoms. The Hall–Kier alpha value is -1.58. The Balaban J connectivity index is 2.85. The van der Waals surface area contributed by atoms with E-state index in [2.05, 4.69) is 17.2 Å². The number of aryl methyl sites for hydroxylation is 1. The minimum Gasteiger partial charge on any atom is -0.384 e. The van der Waals surface area contributed by atoms with Crippen molar-refractivity contribution in [3.63, 3.8) is 0 Å². The molecule has 0 aliphatic rings. The van der Waals surface area contributed by atoms with Crippen LogP contribution >= 0.6 is 0 Å². The first-order chi connectivity index (χ1) is 8.06. The molecule has 0 saturated heterocycles. The quantitative estimate of drug-likeness (QED) is 0.821. The van der Waals surface area contributed by atoms with Crippen LogP contribution in [-0.4, -0.2) is 16.9 Å². The van der Waals surface area contributed by atoms with Crippen molar-refractivity contribution < 1.29 is 4.79 Å². The Morgan fingerprint density at radius 1 is 1.47 bits per heavy atom. The van der Waals surface area contributed by atoms with Gasteiger partial charge >= 0.3 is 0 Å². The zero-order valence-corrected chi connectivity index (χ0v) is 10.8. The lowest BCUT2D eigenvalue weighted by molar-refractivity contribution is 0.0939. The molecule has 94 valence electrons. The highest BCUT2D eigenvalue weighted by Crippen LogP contribution is 2.10. The summed E-state index contributed by atoms with van der Waals surface area (Å²) in [5.74, 6) is 0.330. The van der Waals surface area contributed by atoms with E-state index in [9.17, 15) is 4.79 Å². The molecular weight excluding hydrogens is 214 g/mol. The lowest BCUT2D eigenvalue weighted by atomic mass is 10.1. The van der Waals surface area contributed by atoms with Crippen molar-refractivity contribution in [2.24, 2.45) is 0 Å². The lowest BCUT2D eigenvalue weighted by Gasteiger charge is -2.12. The zero-order chi connectivity index (χ0) is 12.8. The molecule has 1 rings (SSSR count). The first-order valence-electron chi connectivity index (χ1n) is 6.14. The number of rotatable bonds is 5. The summed E-state index contributed by atoms with van der Waals surface area (Å²) in [5, 5.41) is 2.92. The average Bonchev–Trinajstić information content (AvgIpc) is 2.28. The smallest absolute Gasteiger partial charge is 0.251 e. The van der Waals surface area contributed by atoms with E-state index in [0.717, 1.165) is 25.0 Å². The predicted octanol–water partition coefficient (Wildman–Crippen LogP) is 2.14. The number of anilines is 1. The van der Waals surface area contributed by atoms with E-state index < -0.39 is 0 Å². The molecule has 0 aliphatic carbocycles. The molecule has 4 nitrogen and oxygen atoms in total. The van der Waals surface area contributed by atoms with Crippen LogP contribution in [0.3, 0.4) is 0 Å². The molecule has 0 spiro atoms. The first-order valence-corrected chi connectivity index (χ1v) is 6.14. The van der Waals surface area contributed by atoms with Gasteiger partial charge in [0, 0.05) is 17.3 Å². The fourth-order valence-electron chi connectivity index (χ4n) is 1.54. The maximum atomic E-state index is 11.9. The number of nitrogens with zero attached hydrogens (tertiary/aromatic N) is 1. The highest BCUT2D eigenvalue weighted by atomic mass is 16.1. The second-order valence-corrected chi connectivity index (χ2v) is 4.30. The second kappa shape index (κ2) is 6.23. The highest BCUT2D eigenvalue weighted by Gasteiger charge is 2.10. The minimum atomic E-state index is -0.0780. The van der Waals surface area contributed by atoms with Gasteiger partial charge in [0.15, 0.2) is 0 Å². The maximum absolute atomic E-state index is 11.9. The summed E-state index contributed by atoms with van der Waals surface area (Å²) < 4.78 is 0. The molecule has 1 atom stereocenters. The second-order valence-electron chi connectivity index (χ2n) is 4.30. The number of pyridine rings is 1. The maximum Gasteiger partial charge on any atom is 0.251 e. The lowest BCUT2D eigenvalue weighted by Crippen LogP contribution is -2.32. The van der Waals surface area contributed by atoms with Crippen LogP contribution in [0.5, 0.6) is 0 Å². The molecule has 0 aromatic carbocycles. The van der Waals surface area contributed by atoms with Gasteiger partial charge in [-0.15, -0.1) is 0 Å². The summed E-state index contributed by atoms with van der Waals surface area (Å²) in [6.07, 6.45) is 2.74. The molecule has 0 radical (unpaired) electrons. The van der Waals surface area contributed by atoms with Crippen molar-refractivity contribution in [3.8, 4) is 0 Å². The number of hydrogen-bond donors (Lipinski definition) is 2. The summed E-state index contributed by atoms with van der Waals surface area (Å²) in [7, 11) is 0. The first kappa shape index (κ1) is 13.5. The van der Waals surface area contributed by atoms with Gasteiger partial charge in [-0.3, -0.25) is 4.79 Å². The van der Waals surface area contributed by atoms with Crippen LogP contribution in [0.2, 0.25) is 0 Å². The number of hydrogen-bond acceptors (Lipinski definition) is 3. The summed E-state index contributed by atoms with van der Waals surface area (Å²) in [6, 6.07) is 3.61. The SMILES string of the molecule is CCCc1cc(C(=O)NC(C)CC)cc(N)n1. The molecule has 4 heteroatoms. The zero-order valence-electron chi connectivity index (χ0n) is 10.8. The molecule has 1 heterocycles. The van der Waals surface area contributed by atoms with Gasteiger partial charge in [0.2, 0.25) is 0 Å². The van der Waals surface area contributed by atoms with E-state index in [1.54, 1.807) is 6.07 Å². The Labute approximate surface area is 103 Å². The van der Waals surface area contributed by atoms with E-state index >= 15 is 0 Å². The van der Waals surface area contributed by atoms with Gasteiger partial charge in [-0.1, -0.05) is 20.3 Å². The van der Waals surface area contributed by atoms with Crippen LogP contribution in [0.15, 0.2) is 12.1 Å². The van der Waals surface area contributed by atoms with Crippen molar-refractivity contribution >= 4 is 11.7 Å². The monoisotopic (exact) mass is 235 g/mol. The molecule has 1 unspecified atom stereocenters. The van der Waals surface area contributed by atoms with Crippen LogP contribution in [0.1, 0.15) is 49.7 Å². The van der Waals surface area contributed by atoms with Crippen LogP contribution in [0.25, 0.3) is 0 Å². The number of nitrogens with one attached hydrogen (secondary N) is 1. The number of nitrogen functional groups attached to an aromatic ring is 1. The van der Waals surface area contributed by atoms with Gasteiger partial charge in [0.25, 0.3) is 5.91 Å². The number of aromatic nitrogens is 1. The third kappa shape index (κ3) is 4.06. The van der Waals surface area contributed by atoms with Crippen LogP contribution < -0.4 is 11.1 Å². The van der Waals surface area contributed by atoms with Gasteiger partial charge in [-0.2, -0.15) is 0 Å². The van der Waals surface area contributed by atoms with Crippen LogP contribution in [0, 0.1) is 0 Å². The Kier molecular flexibility index (Phi) is 4.94. The van der Waals surface area contributed by atoms with Gasteiger partial charge in [-0.05, 0) is 31.9 Å². The predicted molar refractivity (Wildman–Crippen MR) is 69.9 cm³/mol. The Bertz CT molecular complexity index is 390. The van der Waals surface area contributed by atoms with Gasteiger partial charge in [0.1, 0.15) is 5.82 Å². The molecular formula is C13H21N3O. The van der Waals surface area contributed by atoms with Crippen LogP contribution in [-0.2, 0) is 6.42 Å². The van der Waals surface area contributed by atoms with E-state index in [1.165, 1.54) is 0 Å². The van der Waals surface area contributed by atoms with E-state index in [-0.39, 0.29) is 11.9 Å². The van der Waals surface area contributed by atoms with Crippen molar-refractivity contribution in [2.75, 3.05) is 5.73 Å². The highest BCUT2D eigenvalue weighted by molar-refractivity contribution is 5.95. The number of amides is 1. The molecule has 0 saturated carbocycles. The van der Waals surface area contributed by atoms with Gasteiger partial charge in [-0.25, -0.2) is 4.98 Å². The summed E-state index contributed by atoms with van der Waals surface area (Å²) in [5.41, 5.74) is 7.17. The molecule has 1 aromatic heterocycles. The van der Waals surface area contributed by atoms with E-state index in [4.69, 9.17) is 5.73 Å². The minimum absolute atomic E-state index is 0.0780. The fraction of sp³-hybridized carbons (Fsp3) is 0.538. The normalized spacial score (nSPS) is 12.2. The van der Waals surface area contributed by atoms with E-state index in [0.29, 0.717) is 11.4 Å². The summed E-state index contributed by atoms with van der Waals surface area (Å²) in [4.78, 5) is 16.1. The number of nitrogens with two attached hydrogens (primary N) is 1. The van der Waals surface area contributed by atoms with Crippen molar-refractivity contribution in [1.29, 1.82) is 0 Å². The van der Waals surface area contributed by atoms with Crippen molar-refractivity contribution in [3.05, 3.63) is 23.4 Å². The van der Waals surface area contributed by atoms with Gasteiger partial charge < -0.3 is 11.1 Å². The molecule has 1 amide bonds. The molecule has 1 aromatic rings. The molecule has 3 N–H and O–H groups in total. The topological polar surface area (TPSA) is 68.0 Å². The van der Waals surface area contributed by atoms with Crippen molar-refractivity contribution in [1.82, 2.24) is 10.3 Å². The average molecular weight is 235 g/mol. The molecule has 0 aliphatic heterocycles. The molecule has 0 bridgehead atoms. The number of carbonyl (C=O) groups excluding carboxylic acids is 1. The largest absolute Gasteiger partial charge is 0.384 e. The fourth-order valence-corrected chi connectivity index (χ4v) is 1.54. The van der Waals surface area contributed by atoms with Crippen LogP contribution in [0.4, 0.5) is 5.82 Å². The number of carbonyl (C=O) groups is 1. The third-order valence-corrected chi connectivity index (χ3v) is 2.66. The third-order valence-electron chi connectivity index (χ3n) is 2.66. The standard InChI is InChI=1S/C13H21N3O/c1-4-6-11-7-10(8-12(14)16-11)13(17)15-9(3)5-2/h7-9H,4-6H2,1-3H3,(H2,14,16)(H,15,17). The Morgan fingerprint density at radius 2 is 2.18 bits per heavy atom. The van der Waals surface area contributed by atoms with E-state index in [1.807, 2.05) is 19.9 Å². The summed E-state index contributed by atoms with van der Waals surface area (Å²) >= 11 is 0. The van der Waals surface area contributed by atoms with Crippen molar-refractivity contribution in [2.45, 2.75) is 46.1 Å². The Morgan fingerprint density at radius 3 is 2.76 bits per heavy atom. The molecule has 0 fully saturated rings. The van der Waals surface area contributed by atoms with Gasteiger partial charge in [0.05, 0.1) is 0 Å².